The van der Waals surface area contributed by atoms with E-state index in [1.165, 1.54) is 11.3 Å². The van der Waals surface area contributed by atoms with Crippen LogP contribution in [-0.2, 0) is 24.4 Å². The van der Waals surface area contributed by atoms with Crippen molar-refractivity contribution in [2.45, 2.75) is 39.9 Å². The lowest BCUT2D eigenvalue weighted by atomic mass is 10.1. The molecule has 7 nitrogen and oxygen atoms in total. The van der Waals surface area contributed by atoms with E-state index in [4.69, 9.17) is 17.3 Å². The molecule has 0 spiro atoms. The van der Waals surface area contributed by atoms with Crippen LogP contribution in [0.4, 0.5) is 11.5 Å². The van der Waals surface area contributed by atoms with Gasteiger partial charge in [-0.3, -0.25) is 9.59 Å². The van der Waals surface area contributed by atoms with Gasteiger partial charge in [0.05, 0.1) is 9.90 Å². The van der Waals surface area contributed by atoms with Crippen molar-refractivity contribution < 1.29 is 9.59 Å². The van der Waals surface area contributed by atoms with Crippen LogP contribution >= 0.6 is 22.9 Å². The number of nitrogens with two attached hydrogens (primary N) is 1. The highest BCUT2D eigenvalue weighted by molar-refractivity contribution is 7.14. The van der Waals surface area contributed by atoms with Crippen LogP contribution in [0.1, 0.15) is 45.9 Å². The smallest absolute Gasteiger partial charge is 0.261 e. The van der Waals surface area contributed by atoms with Gasteiger partial charge < -0.3 is 21.3 Å². The van der Waals surface area contributed by atoms with E-state index < -0.39 is 0 Å². The van der Waals surface area contributed by atoms with E-state index in [0.29, 0.717) is 41.8 Å². The van der Waals surface area contributed by atoms with Gasteiger partial charge in [0.1, 0.15) is 5.82 Å². The molecule has 0 radical (unpaired) electrons. The Hall–Kier alpha value is -3.46. The van der Waals surface area contributed by atoms with E-state index in [2.05, 4.69) is 15.6 Å². The lowest BCUT2D eigenvalue weighted by Gasteiger charge is -2.16. The number of thiophene rings is 1. The van der Waals surface area contributed by atoms with Crippen molar-refractivity contribution in [2.75, 3.05) is 17.2 Å². The number of aromatic nitrogens is 1. The van der Waals surface area contributed by atoms with E-state index in [-0.39, 0.29) is 19.2 Å². The predicted octanol–water partition coefficient (Wildman–Crippen LogP) is 5.51. The quantitative estimate of drug-likeness (QED) is 0.276. The number of hydrogen-bond donors (Lipinski definition) is 3. The average Bonchev–Trinajstić information content (AvgIpc) is 3.48. The van der Waals surface area contributed by atoms with Crippen LogP contribution in [0.25, 0.3) is 10.8 Å². The number of fused-ring (bicyclic) bond motifs is 1. The van der Waals surface area contributed by atoms with Gasteiger partial charge in [0.2, 0.25) is 5.91 Å². The number of carbonyl (C=O) groups excluding carboxylic acids is 2. The molecule has 3 heterocycles. The fourth-order valence-corrected chi connectivity index (χ4v) is 5.60. The molecule has 1 aliphatic rings. The molecule has 1 fully saturated rings. The molecule has 2 aromatic heterocycles. The highest BCUT2D eigenvalue weighted by Crippen LogP contribution is 2.27. The fourth-order valence-electron chi connectivity index (χ4n) is 4.30. The van der Waals surface area contributed by atoms with Crippen LogP contribution in [0.15, 0.2) is 60.8 Å². The number of anilines is 2. The number of hydrogen-bond acceptors (Lipinski definition) is 6. The minimum absolute atomic E-state index is 0. The minimum Gasteiger partial charge on any atom is -0.383 e. The SMILES string of the molecule is C.Nc1nccc2cc(CNC(=O)c3cc(Cl)c(CNCc4ccc(N5CCCC5=O)cc4)s3)ccc12. The van der Waals surface area contributed by atoms with Gasteiger partial charge in [0.25, 0.3) is 5.91 Å². The molecule has 5 rings (SSSR count). The summed E-state index contributed by atoms with van der Waals surface area (Å²) in [5.74, 6) is 0.524. The van der Waals surface area contributed by atoms with Gasteiger partial charge in [-0.1, -0.05) is 43.3 Å². The van der Waals surface area contributed by atoms with Gasteiger partial charge in [0, 0.05) is 54.7 Å². The first kappa shape index (κ1) is 26.6. The lowest BCUT2D eigenvalue weighted by molar-refractivity contribution is -0.117. The van der Waals surface area contributed by atoms with E-state index in [1.807, 2.05) is 53.4 Å². The second-order valence-corrected chi connectivity index (χ2v) is 10.3. The number of nitrogens with zero attached hydrogens (tertiary/aromatic N) is 2. The standard InChI is InChI=1S/C27H26ClN5O2S.CH4/c28-22-13-23(27(35)32-15-18-5-8-21-19(12-18)9-10-31-26(21)29)36-24(22)16-30-14-17-3-6-20(7-4-17)33-11-1-2-25(33)34;/h3-10,12-13,30H,1-2,11,14-16H2,(H2,29,31)(H,32,35);1H4. The zero-order chi connectivity index (χ0) is 25.1. The first-order valence-electron chi connectivity index (χ1n) is 11.8. The summed E-state index contributed by atoms with van der Waals surface area (Å²) in [5, 5.41) is 8.81. The molecule has 37 heavy (non-hydrogen) atoms. The number of carbonyl (C=O) groups is 2. The van der Waals surface area contributed by atoms with Crippen molar-refractivity contribution in [3.63, 3.8) is 0 Å². The summed E-state index contributed by atoms with van der Waals surface area (Å²) in [7, 11) is 0. The maximum atomic E-state index is 12.7. The Kier molecular flexibility index (Phi) is 8.43. The van der Waals surface area contributed by atoms with Gasteiger partial charge in [-0.25, -0.2) is 4.98 Å². The summed E-state index contributed by atoms with van der Waals surface area (Å²) in [6, 6.07) is 17.5. The summed E-state index contributed by atoms with van der Waals surface area (Å²) in [6.45, 7) is 2.41. The molecule has 4 N–H and O–H groups in total. The number of amides is 2. The molecule has 1 aliphatic heterocycles. The van der Waals surface area contributed by atoms with Gasteiger partial charge in [-0.05, 0) is 53.3 Å². The van der Waals surface area contributed by atoms with Crippen LogP contribution in [0.5, 0.6) is 0 Å². The topological polar surface area (TPSA) is 100 Å². The van der Waals surface area contributed by atoms with Gasteiger partial charge in [-0.2, -0.15) is 0 Å². The van der Waals surface area contributed by atoms with Crippen molar-refractivity contribution in [1.82, 2.24) is 15.6 Å². The maximum Gasteiger partial charge on any atom is 0.261 e. The summed E-state index contributed by atoms with van der Waals surface area (Å²) in [4.78, 5) is 32.1. The van der Waals surface area contributed by atoms with Crippen LogP contribution in [0.2, 0.25) is 5.02 Å². The van der Waals surface area contributed by atoms with Crippen molar-refractivity contribution in [1.29, 1.82) is 0 Å². The molecule has 2 aromatic carbocycles. The molecule has 1 saturated heterocycles. The molecular formula is C28H30ClN5O2S. The molecular weight excluding hydrogens is 506 g/mol. The highest BCUT2D eigenvalue weighted by atomic mass is 35.5. The third-order valence-corrected chi connectivity index (χ3v) is 7.81. The van der Waals surface area contributed by atoms with Crippen LogP contribution in [0, 0.1) is 0 Å². The van der Waals surface area contributed by atoms with E-state index in [9.17, 15) is 9.59 Å². The summed E-state index contributed by atoms with van der Waals surface area (Å²) < 4.78 is 0. The lowest BCUT2D eigenvalue weighted by Crippen LogP contribution is -2.23. The Balaban J connectivity index is 0.00000320. The second kappa shape index (κ2) is 11.7. The number of nitrogens with one attached hydrogen (secondary N) is 2. The molecule has 2 amide bonds. The van der Waals surface area contributed by atoms with Crippen molar-refractivity contribution >= 4 is 57.0 Å². The zero-order valence-electron chi connectivity index (χ0n) is 19.6. The molecule has 0 saturated carbocycles. The molecule has 0 bridgehead atoms. The zero-order valence-corrected chi connectivity index (χ0v) is 21.2. The van der Waals surface area contributed by atoms with E-state index in [0.717, 1.165) is 45.4 Å². The Bertz CT molecular complexity index is 1420. The van der Waals surface area contributed by atoms with Crippen LogP contribution in [-0.4, -0.2) is 23.3 Å². The summed E-state index contributed by atoms with van der Waals surface area (Å²) >= 11 is 7.80. The maximum absolute atomic E-state index is 12.7. The minimum atomic E-state index is -0.158. The third-order valence-electron chi connectivity index (χ3n) is 6.23. The number of rotatable bonds is 8. The summed E-state index contributed by atoms with van der Waals surface area (Å²) in [5.41, 5.74) is 8.95. The monoisotopic (exact) mass is 535 g/mol. The third kappa shape index (κ3) is 6.10. The first-order valence-corrected chi connectivity index (χ1v) is 13.0. The second-order valence-electron chi connectivity index (χ2n) is 8.74. The number of pyridine rings is 1. The Morgan fingerprint density at radius 1 is 1.05 bits per heavy atom. The molecule has 0 atom stereocenters. The molecule has 0 aliphatic carbocycles. The van der Waals surface area contributed by atoms with E-state index >= 15 is 0 Å². The fraction of sp³-hybridized carbons (Fsp3) is 0.250. The summed E-state index contributed by atoms with van der Waals surface area (Å²) in [6.07, 6.45) is 3.22. The predicted molar refractivity (Wildman–Crippen MR) is 152 cm³/mol. The molecule has 4 aromatic rings. The van der Waals surface area contributed by atoms with Gasteiger partial charge in [0.15, 0.2) is 0 Å². The van der Waals surface area contributed by atoms with E-state index in [1.54, 1.807) is 12.3 Å². The Morgan fingerprint density at radius 3 is 2.59 bits per heavy atom. The molecule has 0 unspecified atom stereocenters. The Morgan fingerprint density at radius 2 is 1.84 bits per heavy atom. The van der Waals surface area contributed by atoms with Crippen molar-refractivity contribution in [3.05, 3.63) is 86.7 Å². The van der Waals surface area contributed by atoms with Crippen LogP contribution < -0.4 is 21.3 Å². The highest BCUT2D eigenvalue weighted by Gasteiger charge is 2.21. The van der Waals surface area contributed by atoms with Crippen LogP contribution in [0.3, 0.4) is 0 Å². The van der Waals surface area contributed by atoms with Crippen molar-refractivity contribution in [2.24, 2.45) is 0 Å². The number of benzene rings is 2. The molecule has 9 heteroatoms. The average molecular weight is 536 g/mol. The largest absolute Gasteiger partial charge is 0.383 e. The normalized spacial score (nSPS) is 13.1. The number of nitrogen functional groups attached to an aromatic ring is 1. The van der Waals surface area contributed by atoms with Gasteiger partial charge >= 0.3 is 0 Å². The van der Waals surface area contributed by atoms with Gasteiger partial charge in [-0.15, -0.1) is 11.3 Å². The molecule has 192 valence electrons. The Labute approximate surface area is 225 Å². The first-order chi connectivity index (χ1) is 17.5. The van der Waals surface area contributed by atoms with Crippen molar-refractivity contribution in [3.8, 4) is 0 Å². The number of halogens is 1.